The van der Waals surface area contributed by atoms with Crippen molar-refractivity contribution in [3.8, 4) is 0 Å². The second kappa shape index (κ2) is 8.24. The lowest BCUT2D eigenvalue weighted by atomic mass is 10.0. The summed E-state index contributed by atoms with van der Waals surface area (Å²) in [5, 5.41) is 0.552. The van der Waals surface area contributed by atoms with Crippen molar-refractivity contribution >= 4 is 16.8 Å². The first-order valence-electron chi connectivity index (χ1n) is 10.7. The van der Waals surface area contributed by atoms with Crippen molar-refractivity contribution in [1.29, 1.82) is 0 Å². The van der Waals surface area contributed by atoms with Gasteiger partial charge in [-0.15, -0.1) is 0 Å². The van der Waals surface area contributed by atoms with Crippen LogP contribution < -0.4 is 5.56 Å². The van der Waals surface area contributed by atoms with Crippen molar-refractivity contribution in [2.75, 3.05) is 32.8 Å². The number of carbonyl (C=O) groups excluding carboxylic acids is 1. The maximum Gasteiger partial charge on any atom is 0.261 e. The first-order valence-corrected chi connectivity index (χ1v) is 10.7. The molecule has 7 nitrogen and oxygen atoms in total. The van der Waals surface area contributed by atoms with Crippen LogP contribution in [0.15, 0.2) is 53.3 Å². The molecular weight excluding hydrogens is 392 g/mol. The van der Waals surface area contributed by atoms with Crippen LogP contribution >= 0.6 is 0 Å². The highest BCUT2D eigenvalue weighted by atomic mass is 16.5. The minimum atomic E-state index is -0.145. The number of benzene rings is 2. The molecule has 3 heterocycles. The van der Waals surface area contributed by atoms with E-state index in [0.717, 1.165) is 25.2 Å². The highest BCUT2D eigenvalue weighted by molar-refractivity contribution is 5.80. The minimum Gasteiger partial charge on any atom is -0.379 e. The van der Waals surface area contributed by atoms with Crippen molar-refractivity contribution in [3.63, 3.8) is 0 Å². The van der Waals surface area contributed by atoms with E-state index in [0.29, 0.717) is 36.5 Å². The number of aromatic nitrogens is 2. The van der Waals surface area contributed by atoms with Gasteiger partial charge in [-0.3, -0.25) is 19.1 Å². The molecular formula is C24H26N4O3. The molecule has 2 aromatic carbocycles. The summed E-state index contributed by atoms with van der Waals surface area (Å²) in [6.45, 7) is 6.26. The number of hydrogen-bond donors (Lipinski definition) is 0. The van der Waals surface area contributed by atoms with Crippen molar-refractivity contribution in [1.82, 2.24) is 19.4 Å². The summed E-state index contributed by atoms with van der Waals surface area (Å²) < 4.78 is 7.03. The summed E-state index contributed by atoms with van der Waals surface area (Å²) >= 11 is 0. The molecule has 7 heteroatoms. The second-order valence-corrected chi connectivity index (χ2v) is 8.30. The van der Waals surface area contributed by atoms with Crippen molar-refractivity contribution in [2.45, 2.75) is 26.1 Å². The minimum absolute atomic E-state index is 0.0253. The van der Waals surface area contributed by atoms with Gasteiger partial charge >= 0.3 is 0 Å². The first kappa shape index (κ1) is 19.9. The Morgan fingerprint density at radius 1 is 1.00 bits per heavy atom. The normalized spacial score (nSPS) is 18.2. The van der Waals surface area contributed by atoms with Gasteiger partial charge in [0.05, 0.1) is 36.7 Å². The van der Waals surface area contributed by atoms with Crippen LogP contribution in [0.2, 0.25) is 0 Å². The van der Waals surface area contributed by atoms with Gasteiger partial charge in [0.15, 0.2) is 0 Å². The van der Waals surface area contributed by atoms with Crippen LogP contribution in [-0.2, 0) is 22.6 Å². The number of morpholine rings is 1. The van der Waals surface area contributed by atoms with Crippen LogP contribution in [0.1, 0.15) is 23.0 Å². The number of ether oxygens (including phenoxy) is 1. The molecule has 2 aliphatic rings. The van der Waals surface area contributed by atoms with Crippen LogP contribution in [0.4, 0.5) is 0 Å². The summed E-state index contributed by atoms with van der Waals surface area (Å²) in [6, 6.07) is 15.6. The van der Waals surface area contributed by atoms with Gasteiger partial charge in [0.2, 0.25) is 5.91 Å². The van der Waals surface area contributed by atoms with E-state index < -0.39 is 0 Å². The zero-order chi connectivity index (χ0) is 21.4. The van der Waals surface area contributed by atoms with Gasteiger partial charge in [-0.05, 0) is 24.6 Å². The molecule has 1 amide bonds. The van der Waals surface area contributed by atoms with E-state index in [1.54, 1.807) is 6.07 Å². The number of rotatable bonds is 4. The fraction of sp³-hybridized carbons (Fsp3) is 0.375. The third-order valence-electron chi connectivity index (χ3n) is 6.24. The van der Waals surface area contributed by atoms with E-state index in [1.165, 1.54) is 10.1 Å². The standard InChI is InChI=1S/C24H26N4O3/c1-17-6-8-18(9-7-17)21(14-26-10-12-31-13-11-26)27-15-22-25-20-5-3-2-4-19(20)24(30)28(22)16-23(27)29/h2-9,21H,10-16H2,1H3/t21-/m1/s1. The predicted octanol–water partition coefficient (Wildman–Crippen LogP) is 2.12. The number of hydrogen-bond acceptors (Lipinski definition) is 5. The topological polar surface area (TPSA) is 67.7 Å². The highest BCUT2D eigenvalue weighted by Crippen LogP contribution is 2.27. The summed E-state index contributed by atoms with van der Waals surface area (Å²) in [6.07, 6.45) is 0. The average Bonchev–Trinajstić information content (AvgIpc) is 2.79. The van der Waals surface area contributed by atoms with Gasteiger partial charge in [-0.2, -0.15) is 0 Å². The lowest BCUT2D eigenvalue weighted by Crippen LogP contribution is -2.49. The van der Waals surface area contributed by atoms with Crippen LogP contribution in [0.3, 0.4) is 0 Å². The second-order valence-electron chi connectivity index (χ2n) is 8.30. The van der Waals surface area contributed by atoms with Crippen LogP contribution in [0.25, 0.3) is 10.9 Å². The zero-order valence-corrected chi connectivity index (χ0v) is 17.7. The monoisotopic (exact) mass is 418 g/mol. The van der Waals surface area contributed by atoms with Gasteiger partial charge in [0.25, 0.3) is 5.56 Å². The molecule has 31 heavy (non-hydrogen) atoms. The number of nitrogens with zero attached hydrogens (tertiary/aromatic N) is 4. The molecule has 0 radical (unpaired) electrons. The molecule has 5 rings (SSSR count). The van der Waals surface area contributed by atoms with Crippen LogP contribution in [-0.4, -0.2) is 58.1 Å². The molecule has 1 atom stereocenters. The molecule has 2 aliphatic heterocycles. The molecule has 1 aromatic heterocycles. The highest BCUT2D eigenvalue weighted by Gasteiger charge is 2.33. The molecule has 3 aromatic rings. The van der Waals surface area contributed by atoms with Crippen molar-refractivity contribution in [2.24, 2.45) is 0 Å². The van der Waals surface area contributed by atoms with Gasteiger partial charge < -0.3 is 9.64 Å². The molecule has 0 bridgehead atoms. The van der Waals surface area contributed by atoms with E-state index in [-0.39, 0.29) is 24.1 Å². The Bertz CT molecular complexity index is 1170. The Labute approximate surface area is 180 Å². The molecule has 0 spiro atoms. The SMILES string of the molecule is Cc1ccc([C@@H](CN2CCOCC2)N2Cc3nc4ccccc4c(=O)n3CC2=O)cc1. The summed E-state index contributed by atoms with van der Waals surface area (Å²) in [4.78, 5) is 35.2. The van der Waals surface area contributed by atoms with Gasteiger partial charge in [0, 0.05) is 19.6 Å². The molecule has 0 N–H and O–H groups in total. The summed E-state index contributed by atoms with van der Waals surface area (Å²) in [5.74, 6) is 0.591. The fourth-order valence-corrected chi connectivity index (χ4v) is 4.45. The maximum atomic E-state index is 13.3. The molecule has 0 aliphatic carbocycles. The van der Waals surface area contributed by atoms with E-state index in [1.807, 2.05) is 23.1 Å². The van der Waals surface area contributed by atoms with Gasteiger partial charge in [-0.1, -0.05) is 42.0 Å². The number of para-hydroxylation sites is 1. The van der Waals surface area contributed by atoms with E-state index in [9.17, 15) is 9.59 Å². The molecule has 1 fully saturated rings. The Balaban J connectivity index is 1.52. The average molecular weight is 418 g/mol. The third-order valence-corrected chi connectivity index (χ3v) is 6.24. The summed E-state index contributed by atoms with van der Waals surface area (Å²) in [7, 11) is 0. The predicted molar refractivity (Wildman–Crippen MR) is 118 cm³/mol. The van der Waals surface area contributed by atoms with Crippen molar-refractivity contribution in [3.05, 3.63) is 75.8 Å². The Morgan fingerprint density at radius 2 is 1.74 bits per heavy atom. The quantitative estimate of drug-likeness (QED) is 0.649. The maximum absolute atomic E-state index is 13.3. The smallest absolute Gasteiger partial charge is 0.261 e. The lowest BCUT2D eigenvalue weighted by Gasteiger charge is -2.39. The van der Waals surface area contributed by atoms with Gasteiger partial charge in [0.1, 0.15) is 12.4 Å². The molecule has 0 saturated carbocycles. The third kappa shape index (κ3) is 3.86. The van der Waals surface area contributed by atoms with E-state index >= 15 is 0 Å². The van der Waals surface area contributed by atoms with Crippen molar-refractivity contribution < 1.29 is 9.53 Å². The fourth-order valence-electron chi connectivity index (χ4n) is 4.45. The number of amides is 1. The Kier molecular flexibility index (Phi) is 5.29. The van der Waals surface area contributed by atoms with E-state index in [4.69, 9.17) is 9.72 Å². The Hall–Kier alpha value is -3.03. The van der Waals surface area contributed by atoms with Crippen LogP contribution in [0, 0.1) is 6.92 Å². The zero-order valence-electron chi connectivity index (χ0n) is 17.7. The van der Waals surface area contributed by atoms with Crippen LogP contribution in [0.5, 0.6) is 0 Å². The number of carbonyl (C=O) groups is 1. The molecule has 160 valence electrons. The summed E-state index contributed by atoms with van der Waals surface area (Å²) in [5.41, 5.74) is 2.81. The van der Waals surface area contributed by atoms with Gasteiger partial charge in [-0.25, -0.2) is 4.98 Å². The largest absolute Gasteiger partial charge is 0.379 e. The first-order chi connectivity index (χ1) is 15.1. The Morgan fingerprint density at radius 3 is 2.52 bits per heavy atom. The van der Waals surface area contributed by atoms with E-state index in [2.05, 4.69) is 36.1 Å². The molecule has 0 unspecified atom stereocenters. The lowest BCUT2D eigenvalue weighted by molar-refractivity contribution is -0.138. The number of fused-ring (bicyclic) bond motifs is 2. The molecule has 1 saturated heterocycles. The number of aryl methyl sites for hydroxylation is 1.